The van der Waals surface area contributed by atoms with Gasteiger partial charge in [-0.15, -0.1) is 0 Å². The van der Waals surface area contributed by atoms with E-state index in [-0.39, 0.29) is 5.91 Å². The average Bonchev–Trinajstić information content (AvgIpc) is 2.76. The van der Waals surface area contributed by atoms with Crippen LogP contribution in [0.5, 0.6) is 11.5 Å². The summed E-state index contributed by atoms with van der Waals surface area (Å²) in [5, 5.41) is 2.04. The number of fused-ring (bicyclic) bond motifs is 2. The minimum absolute atomic E-state index is 0.128. The van der Waals surface area contributed by atoms with Crippen LogP contribution in [0, 0.1) is 6.92 Å². The van der Waals surface area contributed by atoms with E-state index in [1.807, 2.05) is 35.2 Å². The number of aromatic nitrogens is 1. The van der Waals surface area contributed by atoms with Gasteiger partial charge in [0.2, 0.25) is 5.91 Å². The van der Waals surface area contributed by atoms with Crippen molar-refractivity contribution in [2.45, 2.75) is 24.9 Å². The van der Waals surface area contributed by atoms with Gasteiger partial charge in [0.15, 0.2) is 11.5 Å². The van der Waals surface area contributed by atoms with E-state index in [1.165, 1.54) is 22.9 Å². The summed E-state index contributed by atoms with van der Waals surface area (Å²) in [5.41, 5.74) is 4.48. The van der Waals surface area contributed by atoms with Gasteiger partial charge in [-0.2, -0.15) is 0 Å². The zero-order chi connectivity index (χ0) is 20.4. The molecule has 1 amide bonds. The van der Waals surface area contributed by atoms with Crippen molar-refractivity contribution in [1.29, 1.82) is 0 Å². The van der Waals surface area contributed by atoms with E-state index in [0.29, 0.717) is 24.6 Å². The Labute approximate surface area is 175 Å². The van der Waals surface area contributed by atoms with Gasteiger partial charge in [-0.1, -0.05) is 30.0 Å². The first-order valence-electron chi connectivity index (χ1n) is 9.60. The zero-order valence-corrected chi connectivity index (χ0v) is 17.7. The number of ether oxygens (including phenoxy) is 2. The van der Waals surface area contributed by atoms with Crippen molar-refractivity contribution in [2.75, 3.05) is 26.5 Å². The normalized spacial score (nSPS) is 13.3. The van der Waals surface area contributed by atoms with Crippen LogP contribution in [0.4, 0.5) is 0 Å². The van der Waals surface area contributed by atoms with Crippen LogP contribution in [0.25, 0.3) is 10.9 Å². The highest BCUT2D eigenvalue weighted by atomic mass is 32.2. The lowest BCUT2D eigenvalue weighted by molar-refractivity contribution is -0.129. The number of hydrogen-bond acceptors (Lipinski definition) is 5. The highest BCUT2D eigenvalue weighted by molar-refractivity contribution is 7.99. The van der Waals surface area contributed by atoms with Crippen LogP contribution in [-0.4, -0.2) is 42.3 Å². The molecule has 6 heteroatoms. The van der Waals surface area contributed by atoms with Crippen molar-refractivity contribution in [3.63, 3.8) is 0 Å². The monoisotopic (exact) mass is 408 g/mol. The van der Waals surface area contributed by atoms with Gasteiger partial charge in [-0.25, -0.2) is 4.98 Å². The molecule has 1 aliphatic heterocycles. The highest BCUT2D eigenvalue weighted by Crippen LogP contribution is 2.33. The summed E-state index contributed by atoms with van der Waals surface area (Å²) in [6, 6.07) is 14.2. The molecule has 0 radical (unpaired) electrons. The van der Waals surface area contributed by atoms with E-state index in [4.69, 9.17) is 14.5 Å². The third-order valence-corrected chi connectivity index (χ3v) is 6.21. The first-order chi connectivity index (χ1) is 14.1. The molecule has 3 aromatic rings. The van der Waals surface area contributed by atoms with Gasteiger partial charge in [-0.3, -0.25) is 4.79 Å². The van der Waals surface area contributed by atoms with Crippen LogP contribution >= 0.6 is 11.8 Å². The third-order valence-electron chi connectivity index (χ3n) is 5.31. The molecular weight excluding hydrogens is 384 g/mol. The largest absolute Gasteiger partial charge is 0.493 e. The van der Waals surface area contributed by atoms with Crippen molar-refractivity contribution in [3.8, 4) is 11.5 Å². The summed E-state index contributed by atoms with van der Waals surface area (Å²) in [4.78, 5) is 19.4. The van der Waals surface area contributed by atoms with E-state index in [9.17, 15) is 4.79 Å². The second-order valence-electron chi connectivity index (χ2n) is 7.12. The van der Waals surface area contributed by atoms with Crippen LogP contribution < -0.4 is 9.47 Å². The summed E-state index contributed by atoms with van der Waals surface area (Å²) in [5.74, 6) is 1.95. The number of benzene rings is 2. The Hall–Kier alpha value is -2.73. The molecule has 0 atom stereocenters. The summed E-state index contributed by atoms with van der Waals surface area (Å²) in [7, 11) is 3.27. The molecule has 0 fully saturated rings. The first kappa shape index (κ1) is 19.6. The van der Waals surface area contributed by atoms with E-state index >= 15 is 0 Å². The minimum atomic E-state index is 0.128. The van der Waals surface area contributed by atoms with Crippen LogP contribution in [0.15, 0.2) is 47.5 Å². The van der Waals surface area contributed by atoms with Gasteiger partial charge in [0.05, 0.1) is 30.5 Å². The number of carbonyl (C=O) groups is 1. The fourth-order valence-corrected chi connectivity index (χ4v) is 4.59. The fourth-order valence-electron chi connectivity index (χ4n) is 3.72. The number of methoxy groups -OCH3 is 2. The maximum atomic E-state index is 12.8. The van der Waals surface area contributed by atoms with Crippen LogP contribution in [0.3, 0.4) is 0 Å². The highest BCUT2D eigenvalue weighted by Gasteiger charge is 2.23. The lowest BCUT2D eigenvalue weighted by atomic mass is 9.99. The molecule has 4 rings (SSSR count). The van der Waals surface area contributed by atoms with Crippen LogP contribution in [0.2, 0.25) is 0 Å². The maximum Gasteiger partial charge on any atom is 0.233 e. The minimum Gasteiger partial charge on any atom is -0.493 e. The molecule has 1 aliphatic rings. The molecule has 0 N–H and O–H groups in total. The van der Waals surface area contributed by atoms with Crippen LogP contribution in [0.1, 0.15) is 16.7 Å². The Balaban J connectivity index is 1.45. The molecular formula is C23H24N2O3S. The van der Waals surface area contributed by atoms with E-state index in [0.717, 1.165) is 33.7 Å². The van der Waals surface area contributed by atoms with Gasteiger partial charge in [0.25, 0.3) is 0 Å². The van der Waals surface area contributed by atoms with Crippen molar-refractivity contribution < 1.29 is 14.3 Å². The number of para-hydroxylation sites is 1. The van der Waals surface area contributed by atoms with Gasteiger partial charge in [0, 0.05) is 18.5 Å². The van der Waals surface area contributed by atoms with Crippen molar-refractivity contribution in [3.05, 3.63) is 59.2 Å². The lowest BCUT2D eigenvalue weighted by Crippen LogP contribution is -2.37. The molecule has 1 aromatic heterocycles. The average molecular weight is 409 g/mol. The Kier molecular flexibility index (Phi) is 5.62. The first-order valence-corrected chi connectivity index (χ1v) is 10.6. The Morgan fingerprint density at radius 1 is 1.10 bits per heavy atom. The number of aryl methyl sites for hydroxylation is 1. The van der Waals surface area contributed by atoms with Crippen LogP contribution in [-0.2, 0) is 17.8 Å². The number of carbonyl (C=O) groups excluding carboxylic acids is 1. The van der Waals surface area contributed by atoms with Crippen molar-refractivity contribution in [2.24, 2.45) is 0 Å². The van der Waals surface area contributed by atoms with Gasteiger partial charge < -0.3 is 14.4 Å². The lowest BCUT2D eigenvalue weighted by Gasteiger charge is -2.29. The number of thioether (sulfide) groups is 1. The van der Waals surface area contributed by atoms with Crippen molar-refractivity contribution >= 4 is 28.6 Å². The molecule has 5 nitrogen and oxygen atoms in total. The number of pyridine rings is 1. The second-order valence-corrected chi connectivity index (χ2v) is 8.12. The molecule has 0 unspecified atom stereocenters. The summed E-state index contributed by atoms with van der Waals surface area (Å²) in [6.07, 6.45) is 0.819. The Morgan fingerprint density at radius 3 is 2.59 bits per heavy atom. The van der Waals surface area contributed by atoms with Gasteiger partial charge in [-0.05, 0) is 54.3 Å². The predicted molar refractivity (Wildman–Crippen MR) is 116 cm³/mol. The summed E-state index contributed by atoms with van der Waals surface area (Å²) in [6.45, 7) is 3.39. The molecule has 2 aromatic carbocycles. The molecule has 2 heterocycles. The molecule has 0 aliphatic carbocycles. The van der Waals surface area contributed by atoms with Crippen molar-refractivity contribution in [1.82, 2.24) is 9.88 Å². The number of amides is 1. The number of hydrogen-bond donors (Lipinski definition) is 0. The quantitative estimate of drug-likeness (QED) is 0.591. The number of nitrogens with zero attached hydrogens (tertiary/aromatic N) is 2. The summed E-state index contributed by atoms with van der Waals surface area (Å²) < 4.78 is 10.8. The third kappa shape index (κ3) is 4.03. The van der Waals surface area contributed by atoms with Gasteiger partial charge in [0.1, 0.15) is 0 Å². The standard InChI is InChI=1S/C23H24N2O3S/c1-15-10-22(24-19-7-5-4-6-18(15)19)29-14-23(26)25-9-8-16-11-20(27-2)21(28-3)12-17(16)13-25/h4-7,10-12H,8-9,13-14H2,1-3H3. The fraction of sp³-hybridized carbons (Fsp3) is 0.304. The molecule has 0 saturated carbocycles. The van der Waals surface area contributed by atoms with E-state index in [2.05, 4.69) is 19.1 Å². The zero-order valence-electron chi connectivity index (χ0n) is 16.9. The summed E-state index contributed by atoms with van der Waals surface area (Å²) >= 11 is 1.50. The predicted octanol–water partition coefficient (Wildman–Crippen LogP) is 4.24. The second kappa shape index (κ2) is 8.33. The number of rotatable bonds is 5. The maximum absolute atomic E-state index is 12.8. The molecule has 0 saturated heterocycles. The van der Waals surface area contributed by atoms with E-state index < -0.39 is 0 Å². The SMILES string of the molecule is COc1cc2c(cc1OC)CN(C(=O)CSc1cc(C)c3ccccc3n1)CC2. The Bertz CT molecular complexity index is 1070. The smallest absolute Gasteiger partial charge is 0.233 e. The molecule has 150 valence electrons. The van der Waals surface area contributed by atoms with Gasteiger partial charge >= 0.3 is 0 Å². The molecule has 29 heavy (non-hydrogen) atoms. The van der Waals surface area contributed by atoms with E-state index in [1.54, 1.807) is 14.2 Å². The molecule has 0 bridgehead atoms. The molecule has 0 spiro atoms. The topological polar surface area (TPSA) is 51.7 Å². The Morgan fingerprint density at radius 2 is 1.83 bits per heavy atom.